The van der Waals surface area contributed by atoms with Gasteiger partial charge in [-0.2, -0.15) is 0 Å². The van der Waals surface area contributed by atoms with Gasteiger partial charge in [-0.3, -0.25) is 0 Å². The normalized spacial score (nSPS) is 24.2. The van der Waals surface area contributed by atoms with E-state index in [2.05, 4.69) is 42.7 Å². The van der Waals surface area contributed by atoms with Crippen molar-refractivity contribution in [2.45, 2.75) is 26.5 Å². The summed E-state index contributed by atoms with van der Waals surface area (Å²) in [5, 5.41) is 16.3. The van der Waals surface area contributed by atoms with Crippen LogP contribution in [0.3, 0.4) is 0 Å². The summed E-state index contributed by atoms with van der Waals surface area (Å²) in [5.41, 5.74) is 3.98. The van der Waals surface area contributed by atoms with Crippen LogP contribution in [0.4, 0.5) is 0 Å². The monoisotopic (exact) mass is 234 g/mol. The molecule has 17 heavy (non-hydrogen) atoms. The summed E-state index contributed by atoms with van der Waals surface area (Å²) in [6.07, 6.45) is -0.193. The van der Waals surface area contributed by atoms with Crippen molar-refractivity contribution in [1.82, 2.24) is 10.6 Å². The van der Waals surface area contributed by atoms with Gasteiger partial charge in [-0.1, -0.05) is 23.8 Å². The highest BCUT2D eigenvalue weighted by Gasteiger charge is 2.23. The summed E-state index contributed by atoms with van der Waals surface area (Å²) in [5.74, 6) is 0.347. The Labute approximate surface area is 103 Å². The lowest BCUT2D eigenvalue weighted by Gasteiger charge is -2.15. The van der Waals surface area contributed by atoms with E-state index in [1.54, 1.807) is 0 Å². The van der Waals surface area contributed by atoms with Crippen LogP contribution in [0, 0.1) is 19.8 Å². The van der Waals surface area contributed by atoms with Crippen LogP contribution in [0.1, 0.15) is 16.7 Å². The highest BCUT2D eigenvalue weighted by atomic mass is 16.3. The highest BCUT2D eigenvalue weighted by Crippen LogP contribution is 2.11. The Balaban J connectivity index is 1.83. The zero-order chi connectivity index (χ0) is 12.3. The molecule has 0 radical (unpaired) electrons. The largest absolute Gasteiger partial charge is 0.391 e. The van der Waals surface area contributed by atoms with E-state index in [4.69, 9.17) is 0 Å². The minimum Gasteiger partial charge on any atom is -0.391 e. The van der Waals surface area contributed by atoms with Crippen LogP contribution < -0.4 is 10.6 Å². The van der Waals surface area contributed by atoms with Crippen molar-refractivity contribution in [2.75, 3.05) is 19.6 Å². The number of nitrogens with one attached hydrogen (secondary N) is 2. The summed E-state index contributed by atoms with van der Waals surface area (Å²) in [6.45, 7) is 7.67. The van der Waals surface area contributed by atoms with Gasteiger partial charge in [0.1, 0.15) is 0 Å². The van der Waals surface area contributed by atoms with E-state index in [1.807, 2.05) is 0 Å². The molecular weight excluding hydrogens is 212 g/mol. The average Bonchev–Trinajstić information content (AvgIpc) is 2.70. The minimum atomic E-state index is -0.193. The number of aryl methyl sites for hydroxylation is 2. The molecule has 1 aromatic rings. The third kappa shape index (κ3) is 3.28. The number of aliphatic hydroxyl groups is 1. The number of β-amino-alcohol motifs (C(OH)–C–C–N with tert-alkyl or cyclic N) is 1. The lowest BCUT2D eigenvalue weighted by Crippen LogP contribution is -2.30. The van der Waals surface area contributed by atoms with E-state index >= 15 is 0 Å². The topological polar surface area (TPSA) is 44.3 Å². The molecule has 2 rings (SSSR count). The molecule has 0 spiro atoms. The van der Waals surface area contributed by atoms with Crippen molar-refractivity contribution in [3.8, 4) is 0 Å². The quantitative estimate of drug-likeness (QED) is 0.727. The number of rotatable bonds is 4. The fraction of sp³-hybridized carbons (Fsp3) is 0.571. The fourth-order valence-corrected chi connectivity index (χ4v) is 2.31. The Morgan fingerprint density at radius 3 is 2.88 bits per heavy atom. The maximum absolute atomic E-state index is 9.68. The molecule has 0 saturated carbocycles. The number of aliphatic hydroxyl groups excluding tert-OH is 1. The Bertz CT molecular complexity index is 378. The van der Waals surface area contributed by atoms with Gasteiger partial charge in [0, 0.05) is 32.1 Å². The third-order valence-electron chi connectivity index (χ3n) is 3.53. The van der Waals surface area contributed by atoms with E-state index in [1.165, 1.54) is 16.7 Å². The first-order valence-electron chi connectivity index (χ1n) is 6.32. The lowest BCUT2D eigenvalue weighted by molar-refractivity contribution is 0.146. The van der Waals surface area contributed by atoms with Crippen molar-refractivity contribution < 1.29 is 5.11 Å². The molecule has 2 unspecified atom stereocenters. The second kappa shape index (κ2) is 5.63. The van der Waals surface area contributed by atoms with E-state index in [0.717, 1.165) is 26.2 Å². The average molecular weight is 234 g/mol. The first-order chi connectivity index (χ1) is 8.16. The molecule has 2 atom stereocenters. The van der Waals surface area contributed by atoms with Crippen molar-refractivity contribution >= 4 is 0 Å². The first-order valence-corrected chi connectivity index (χ1v) is 6.32. The van der Waals surface area contributed by atoms with Crippen molar-refractivity contribution in [3.63, 3.8) is 0 Å². The second-order valence-electron chi connectivity index (χ2n) is 5.05. The van der Waals surface area contributed by atoms with Gasteiger partial charge >= 0.3 is 0 Å². The molecule has 0 aromatic heterocycles. The smallest absolute Gasteiger partial charge is 0.0716 e. The summed E-state index contributed by atoms with van der Waals surface area (Å²) >= 11 is 0. The van der Waals surface area contributed by atoms with Gasteiger partial charge in [0.2, 0.25) is 0 Å². The van der Waals surface area contributed by atoms with Crippen LogP contribution in [-0.2, 0) is 6.54 Å². The molecule has 0 bridgehead atoms. The van der Waals surface area contributed by atoms with E-state index < -0.39 is 0 Å². The SMILES string of the molecule is Cc1ccc(C)c(CNCC2CNCC2O)c1. The van der Waals surface area contributed by atoms with Gasteiger partial charge < -0.3 is 15.7 Å². The second-order valence-corrected chi connectivity index (χ2v) is 5.05. The molecule has 3 nitrogen and oxygen atoms in total. The number of hydrogen-bond donors (Lipinski definition) is 3. The molecule has 1 aromatic carbocycles. The van der Waals surface area contributed by atoms with Crippen molar-refractivity contribution in [3.05, 3.63) is 34.9 Å². The minimum absolute atomic E-state index is 0.193. The molecule has 0 aliphatic carbocycles. The van der Waals surface area contributed by atoms with E-state index in [9.17, 15) is 5.11 Å². The van der Waals surface area contributed by atoms with Crippen LogP contribution in [0.25, 0.3) is 0 Å². The molecule has 94 valence electrons. The zero-order valence-electron chi connectivity index (χ0n) is 10.7. The van der Waals surface area contributed by atoms with Crippen LogP contribution in [0.15, 0.2) is 18.2 Å². The summed E-state index contributed by atoms with van der Waals surface area (Å²) < 4.78 is 0. The molecule has 3 heteroatoms. The standard InChI is InChI=1S/C14H22N2O/c1-10-3-4-11(2)12(5-10)6-15-7-13-8-16-9-14(13)17/h3-5,13-17H,6-9H2,1-2H3. The Kier molecular flexibility index (Phi) is 4.15. The van der Waals surface area contributed by atoms with Crippen LogP contribution >= 0.6 is 0 Å². The van der Waals surface area contributed by atoms with E-state index in [-0.39, 0.29) is 6.10 Å². The Morgan fingerprint density at radius 2 is 2.18 bits per heavy atom. The lowest BCUT2D eigenvalue weighted by atomic mass is 10.0. The molecule has 3 N–H and O–H groups in total. The van der Waals surface area contributed by atoms with Gasteiger partial charge in [-0.05, 0) is 25.0 Å². The predicted molar refractivity (Wildman–Crippen MR) is 70.0 cm³/mol. The summed E-state index contributed by atoms with van der Waals surface area (Å²) in [7, 11) is 0. The number of benzene rings is 1. The molecule has 1 heterocycles. The van der Waals surface area contributed by atoms with Gasteiger partial charge in [-0.15, -0.1) is 0 Å². The van der Waals surface area contributed by atoms with E-state index in [0.29, 0.717) is 5.92 Å². The maximum Gasteiger partial charge on any atom is 0.0716 e. The first kappa shape index (κ1) is 12.6. The molecule has 0 amide bonds. The van der Waals surface area contributed by atoms with Gasteiger partial charge in [0.15, 0.2) is 0 Å². The molecule has 1 fully saturated rings. The molecule has 1 saturated heterocycles. The summed E-state index contributed by atoms with van der Waals surface area (Å²) in [4.78, 5) is 0. The van der Waals surface area contributed by atoms with Gasteiger partial charge in [0.05, 0.1) is 6.10 Å². The van der Waals surface area contributed by atoms with Crippen LogP contribution in [0.2, 0.25) is 0 Å². The highest BCUT2D eigenvalue weighted by molar-refractivity contribution is 5.30. The van der Waals surface area contributed by atoms with Crippen molar-refractivity contribution in [2.24, 2.45) is 5.92 Å². The molecule has 1 aliphatic rings. The zero-order valence-corrected chi connectivity index (χ0v) is 10.7. The Morgan fingerprint density at radius 1 is 1.35 bits per heavy atom. The maximum atomic E-state index is 9.68. The Hall–Kier alpha value is -0.900. The van der Waals surface area contributed by atoms with Gasteiger partial charge in [0.25, 0.3) is 0 Å². The molecule has 1 aliphatic heterocycles. The van der Waals surface area contributed by atoms with Gasteiger partial charge in [-0.25, -0.2) is 0 Å². The summed E-state index contributed by atoms with van der Waals surface area (Å²) in [6, 6.07) is 6.54. The van der Waals surface area contributed by atoms with Crippen molar-refractivity contribution in [1.29, 1.82) is 0 Å². The number of hydrogen-bond acceptors (Lipinski definition) is 3. The third-order valence-corrected chi connectivity index (χ3v) is 3.53. The predicted octanol–water partition coefficient (Wildman–Crippen LogP) is 0.973. The van der Waals surface area contributed by atoms with Crippen LogP contribution in [-0.4, -0.2) is 30.8 Å². The fourth-order valence-electron chi connectivity index (χ4n) is 2.31. The van der Waals surface area contributed by atoms with Crippen LogP contribution in [0.5, 0.6) is 0 Å². The molecular formula is C14H22N2O.